The van der Waals surface area contributed by atoms with Gasteiger partial charge in [0.25, 0.3) is 11.8 Å². The molecule has 7 rings (SSSR count). The highest BCUT2D eigenvalue weighted by molar-refractivity contribution is 7.91. The summed E-state index contributed by atoms with van der Waals surface area (Å²) in [5.74, 6) is -4.52. The number of amides is 4. The third kappa shape index (κ3) is 7.73. The van der Waals surface area contributed by atoms with Crippen molar-refractivity contribution in [2.24, 2.45) is 5.92 Å². The number of hydrogen-bond donors (Lipinski definition) is 3. The first-order valence-corrected chi connectivity index (χ1v) is 19.4. The van der Waals surface area contributed by atoms with Crippen LogP contribution in [0.1, 0.15) is 73.8 Å². The average Bonchev–Trinajstić information content (AvgIpc) is 4.04. The lowest BCUT2D eigenvalue weighted by Crippen LogP contribution is -2.58. The molecule has 280 valence electrons. The van der Waals surface area contributed by atoms with E-state index in [1.165, 1.54) is 35.2 Å². The molecule has 0 radical (unpaired) electrons. The van der Waals surface area contributed by atoms with Gasteiger partial charge in [-0.05, 0) is 75.8 Å². The number of benzene rings is 2. The molecule has 2 aromatic carbocycles. The zero-order valence-corrected chi connectivity index (χ0v) is 29.8. The van der Waals surface area contributed by atoms with E-state index in [1.54, 1.807) is 13.0 Å². The molecule has 3 aromatic rings. The van der Waals surface area contributed by atoms with Crippen molar-refractivity contribution in [1.29, 1.82) is 0 Å². The molecule has 4 aliphatic rings. The lowest BCUT2D eigenvalue weighted by atomic mass is 10.0. The van der Waals surface area contributed by atoms with E-state index in [2.05, 4.69) is 25.3 Å². The van der Waals surface area contributed by atoms with Gasteiger partial charge < -0.3 is 20.3 Å². The Labute approximate surface area is 305 Å². The Bertz CT molecular complexity index is 2110. The molecular weight excluding hydrogens is 711 g/mol. The Morgan fingerprint density at radius 2 is 1.83 bits per heavy atom. The second-order valence-corrected chi connectivity index (χ2v) is 16.2. The van der Waals surface area contributed by atoms with Gasteiger partial charge in [-0.2, -0.15) is 0 Å². The summed E-state index contributed by atoms with van der Waals surface area (Å²) < 4.78 is 62.6. The van der Waals surface area contributed by atoms with Crippen LogP contribution in [0.3, 0.4) is 0 Å². The second kappa shape index (κ2) is 14.4. The Balaban J connectivity index is 1.20. The van der Waals surface area contributed by atoms with E-state index in [9.17, 15) is 36.4 Å². The van der Waals surface area contributed by atoms with Crippen LogP contribution in [0.5, 0.6) is 5.88 Å². The van der Waals surface area contributed by atoms with E-state index >= 15 is 0 Å². The van der Waals surface area contributed by atoms with Crippen LogP contribution in [0.2, 0.25) is 0 Å². The van der Waals surface area contributed by atoms with Crippen LogP contribution < -0.4 is 20.1 Å². The first kappa shape index (κ1) is 36.4. The third-order valence-corrected chi connectivity index (χ3v) is 12.1. The van der Waals surface area contributed by atoms with Gasteiger partial charge in [-0.1, -0.05) is 37.1 Å². The predicted octanol–water partition coefficient (Wildman–Crippen LogP) is 3.37. The number of halogens is 2. The summed E-state index contributed by atoms with van der Waals surface area (Å²) in [5, 5.41) is 4.88. The summed E-state index contributed by atoms with van der Waals surface area (Å²) >= 11 is 0. The molecule has 3 fully saturated rings. The van der Waals surface area contributed by atoms with E-state index < -0.39 is 80.2 Å². The molecule has 2 aliphatic heterocycles. The highest BCUT2D eigenvalue weighted by atomic mass is 32.2. The summed E-state index contributed by atoms with van der Waals surface area (Å²) in [7, 11) is -3.93. The third-order valence-electron chi connectivity index (χ3n) is 10.3. The molecule has 4 amide bonds. The molecule has 5 unspecified atom stereocenters. The number of ether oxygens (including phenoxy) is 1. The number of nitrogens with one attached hydrogen (secondary N) is 3. The normalized spacial score (nSPS) is 27.0. The van der Waals surface area contributed by atoms with Crippen LogP contribution in [0, 0.1) is 24.5 Å². The fourth-order valence-electron chi connectivity index (χ4n) is 7.10. The molecule has 3 N–H and O–H groups in total. The predicted molar refractivity (Wildman–Crippen MR) is 188 cm³/mol. The monoisotopic (exact) mass is 750 g/mol. The van der Waals surface area contributed by atoms with Crippen molar-refractivity contribution in [2.75, 3.05) is 6.54 Å². The highest BCUT2D eigenvalue weighted by Crippen LogP contribution is 2.46. The van der Waals surface area contributed by atoms with Gasteiger partial charge in [0, 0.05) is 17.9 Å². The van der Waals surface area contributed by atoms with Crippen molar-refractivity contribution in [2.45, 2.75) is 93.7 Å². The molecule has 5 atom stereocenters. The fourth-order valence-corrected chi connectivity index (χ4v) is 8.47. The molecule has 16 heteroatoms. The quantitative estimate of drug-likeness (QED) is 0.306. The van der Waals surface area contributed by atoms with Crippen LogP contribution in [0.25, 0.3) is 11.0 Å². The van der Waals surface area contributed by atoms with Crippen LogP contribution in [-0.2, 0) is 24.4 Å². The molecule has 2 aliphatic carbocycles. The topological polar surface area (TPSA) is 177 Å². The van der Waals surface area contributed by atoms with E-state index in [4.69, 9.17) is 4.74 Å². The van der Waals surface area contributed by atoms with Gasteiger partial charge in [0.1, 0.15) is 40.8 Å². The molecule has 0 spiro atoms. The molecule has 53 heavy (non-hydrogen) atoms. The van der Waals surface area contributed by atoms with Crippen LogP contribution in [0.15, 0.2) is 54.6 Å². The molecule has 13 nitrogen and oxygen atoms in total. The Hall–Kier alpha value is -4.99. The number of nitrogens with zero attached hydrogens (tertiary/aromatic N) is 3. The molecular formula is C37H40F2N6O7S. The van der Waals surface area contributed by atoms with Crippen LogP contribution in [0.4, 0.5) is 8.78 Å². The average molecular weight is 751 g/mol. The fraction of sp³-hybridized carbons (Fsp3) is 0.459. The molecule has 3 heterocycles. The maximum atomic E-state index is 14.7. The Morgan fingerprint density at radius 1 is 1.04 bits per heavy atom. The van der Waals surface area contributed by atoms with E-state index in [0.29, 0.717) is 43.3 Å². The zero-order valence-electron chi connectivity index (χ0n) is 29.0. The van der Waals surface area contributed by atoms with Gasteiger partial charge in [-0.3, -0.25) is 23.9 Å². The maximum Gasteiger partial charge on any atom is 0.259 e. The minimum absolute atomic E-state index is 0.00711. The number of allylic oxidation sites excluding steroid dienone is 1. The molecule has 2 saturated carbocycles. The number of aryl methyl sites for hydroxylation is 1. The maximum absolute atomic E-state index is 14.7. The minimum atomic E-state index is -3.93. The number of carbonyl (C=O) groups is 4. The van der Waals surface area contributed by atoms with Gasteiger partial charge in [-0.25, -0.2) is 27.2 Å². The summed E-state index contributed by atoms with van der Waals surface area (Å²) in [6, 6.07) is 7.11. The van der Waals surface area contributed by atoms with Gasteiger partial charge >= 0.3 is 0 Å². The van der Waals surface area contributed by atoms with Crippen molar-refractivity contribution in [3.63, 3.8) is 0 Å². The smallest absolute Gasteiger partial charge is 0.259 e. The number of para-hydroxylation sites is 1. The number of sulfonamides is 1. The first-order chi connectivity index (χ1) is 25.3. The number of rotatable bonds is 7. The standard InChI is InChI=1S/C37H40F2N6O7S/c1-21-34(42-31-27(39)12-8-14-28(31)40-21)52-25-18-30-33(47)43-37(36(49)44-53(50,51)26-15-16-26)19-23(37)10-5-3-2-4-6-13-29(35(48)45(30)20-25)41-32(46)22-9-7-11-24(38)17-22/h5,7-12,14,17,23,25-26,29-30H,2-4,6,13,15-16,18-20H2,1H3,(H,41,46)(H,43,47)(H,44,49)/b10-5-. The Kier molecular flexibility index (Phi) is 9.91. The van der Waals surface area contributed by atoms with Crippen molar-refractivity contribution in [3.05, 3.63) is 77.5 Å². The van der Waals surface area contributed by atoms with Crippen molar-refractivity contribution in [3.8, 4) is 5.88 Å². The van der Waals surface area contributed by atoms with Crippen LogP contribution in [-0.4, -0.2) is 82.4 Å². The summed E-state index contributed by atoms with van der Waals surface area (Å²) in [6.07, 6.45) is 6.68. The van der Waals surface area contributed by atoms with Gasteiger partial charge in [0.15, 0.2) is 5.82 Å². The van der Waals surface area contributed by atoms with Gasteiger partial charge in [0.05, 0.1) is 17.3 Å². The Morgan fingerprint density at radius 3 is 2.60 bits per heavy atom. The van der Waals surface area contributed by atoms with E-state index in [0.717, 1.165) is 12.5 Å². The summed E-state index contributed by atoms with van der Waals surface area (Å²) in [5.41, 5.74) is -0.893. The number of hydrogen-bond acceptors (Lipinski definition) is 9. The first-order valence-electron chi connectivity index (χ1n) is 17.9. The van der Waals surface area contributed by atoms with Crippen molar-refractivity contribution < 1.29 is 41.1 Å². The van der Waals surface area contributed by atoms with Gasteiger partial charge in [-0.15, -0.1) is 0 Å². The lowest BCUT2D eigenvalue weighted by molar-refractivity contribution is -0.141. The number of fused-ring (bicyclic) bond motifs is 3. The number of aromatic nitrogens is 2. The number of carbonyl (C=O) groups excluding carboxylic acids is 4. The largest absolute Gasteiger partial charge is 0.471 e. The SMILES string of the molecule is Cc1nc2cccc(F)c2nc1OC1CC2C(=O)NC3(C(=O)NS(=O)(=O)C4CC4)CC3/C=C\CCCCCC(NC(=O)c3cccc(F)c3)C(=O)N2C1. The highest BCUT2D eigenvalue weighted by Gasteiger charge is 2.62. The molecule has 1 saturated heterocycles. The minimum Gasteiger partial charge on any atom is -0.471 e. The van der Waals surface area contributed by atoms with Crippen molar-refractivity contribution in [1.82, 2.24) is 30.2 Å². The molecule has 0 bridgehead atoms. The van der Waals surface area contributed by atoms with Gasteiger partial charge in [0.2, 0.25) is 27.7 Å². The van der Waals surface area contributed by atoms with Crippen LogP contribution >= 0.6 is 0 Å². The summed E-state index contributed by atoms with van der Waals surface area (Å²) in [6.45, 7) is 1.49. The van der Waals surface area contributed by atoms with E-state index in [1.807, 2.05) is 12.2 Å². The lowest BCUT2D eigenvalue weighted by Gasteiger charge is -2.30. The molecule has 1 aromatic heterocycles. The van der Waals surface area contributed by atoms with E-state index in [-0.39, 0.29) is 42.8 Å². The second-order valence-electron chi connectivity index (χ2n) is 14.3. The van der Waals surface area contributed by atoms with Crippen molar-refractivity contribution >= 4 is 44.7 Å². The summed E-state index contributed by atoms with van der Waals surface area (Å²) in [4.78, 5) is 65.7. The zero-order chi connectivity index (χ0) is 37.5.